The van der Waals surface area contributed by atoms with Crippen molar-refractivity contribution >= 4 is 0 Å². The molecule has 12 heavy (non-hydrogen) atoms. The molecule has 0 spiro atoms. The second-order valence-corrected chi connectivity index (χ2v) is 4.21. The first-order valence-corrected chi connectivity index (χ1v) is 5.49. The Hall–Kier alpha value is -0.260. The lowest BCUT2D eigenvalue weighted by Gasteiger charge is -2.23. The molecule has 1 aliphatic rings. The van der Waals surface area contributed by atoms with E-state index in [2.05, 4.69) is 13.5 Å². The molecule has 0 aromatic heterocycles. The van der Waals surface area contributed by atoms with Gasteiger partial charge in [0, 0.05) is 0 Å². The number of unbranched alkanes of at least 4 members (excludes halogenated alkanes) is 2. The van der Waals surface area contributed by atoms with Crippen molar-refractivity contribution in [3.63, 3.8) is 0 Å². The molecule has 0 aromatic rings. The van der Waals surface area contributed by atoms with Crippen molar-refractivity contribution in [1.29, 1.82) is 0 Å². The topological polar surface area (TPSA) is 0 Å². The zero-order chi connectivity index (χ0) is 8.81. The summed E-state index contributed by atoms with van der Waals surface area (Å²) in [5, 5.41) is 0. The van der Waals surface area contributed by atoms with Crippen molar-refractivity contribution in [3.05, 3.63) is 12.2 Å². The van der Waals surface area contributed by atoms with E-state index < -0.39 is 0 Å². The zero-order valence-corrected chi connectivity index (χ0v) is 8.44. The molecule has 70 valence electrons. The summed E-state index contributed by atoms with van der Waals surface area (Å²) in [5.41, 5.74) is 1.50. The summed E-state index contributed by atoms with van der Waals surface area (Å²) in [5.74, 6) is 0.984. The maximum absolute atomic E-state index is 4.09. The quantitative estimate of drug-likeness (QED) is 0.431. The third-order valence-corrected chi connectivity index (χ3v) is 2.94. The fraction of sp³-hybridized carbons (Fsp3) is 0.833. The lowest BCUT2D eigenvalue weighted by atomic mass is 9.83. The van der Waals surface area contributed by atoms with E-state index in [1.165, 1.54) is 56.9 Å². The van der Waals surface area contributed by atoms with Crippen LogP contribution < -0.4 is 0 Å². The maximum atomic E-state index is 4.09. The van der Waals surface area contributed by atoms with Gasteiger partial charge in [-0.3, -0.25) is 0 Å². The Morgan fingerprint density at radius 1 is 1.42 bits per heavy atom. The standard InChI is InChI=1S/C12H22/c1-3-4-5-8-12-9-6-7-11(2)10-12/h12H,2-10H2,1H3/t12-/m0/s1. The monoisotopic (exact) mass is 166 g/mol. The SMILES string of the molecule is C=C1CCC[C@H](CCCCC)C1. The highest BCUT2D eigenvalue weighted by atomic mass is 14.2. The molecule has 0 radical (unpaired) electrons. The number of allylic oxidation sites excluding steroid dienone is 1. The molecule has 0 heterocycles. The van der Waals surface area contributed by atoms with E-state index in [0.717, 1.165) is 5.92 Å². The summed E-state index contributed by atoms with van der Waals surface area (Å²) < 4.78 is 0. The van der Waals surface area contributed by atoms with E-state index in [0.29, 0.717) is 0 Å². The number of hydrogen-bond donors (Lipinski definition) is 0. The van der Waals surface area contributed by atoms with Crippen LogP contribution in [0.5, 0.6) is 0 Å². The second kappa shape index (κ2) is 5.40. The highest BCUT2D eigenvalue weighted by Gasteiger charge is 2.14. The maximum Gasteiger partial charge on any atom is -0.0294 e. The molecule has 0 aliphatic heterocycles. The third kappa shape index (κ3) is 3.42. The summed E-state index contributed by atoms with van der Waals surface area (Å²) in [6, 6.07) is 0. The van der Waals surface area contributed by atoms with Crippen molar-refractivity contribution in [2.45, 2.75) is 58.3 Å². The lowest BCUT2D eigenvalue weighted by molar-refractivity contribution is 0.379. The molecular weight excluding hydrogens is 144 g/mol. The predicted octanol–water partition coefficient (Wildman–Crippen LogP) is 4.31. The Bertz CT molecular complexity index is 135. The summed E-state index contributed by atoms with van der Waals surface area (Å²) in [7, 11) is 0. The van der Waals surface area contributed by atoms with Crippen LogP contribution >= 0.6 is 0 Å². The van der Waals surface area contributed by atoms with Gasteiger partial charge in [0.05, 0.1) is 0 Å². The van der Waals surface area contributed by atoms with Gasteiger partial charge in [0.15, 0.2) is 0 Å². The van der Waals surface area contributed by atoms with Crippen LogP contribution in [0.4, 0.5) is 0 Å². The largest absolute Gasteiger partial charge is 0.0999 e. The van der Waals surface area contributed by atoms with Gasteiger partial charge >= 0.3 is 0 Å². The minimum Gasteiger partial charge on any atom is -0.0999 e. The Morgan fingerprint density at radius 3 is 2.92 bits per heavy atom. The average molecular weight is 166 g/mol. The smallest absolute Gasteiger partial charge is 0.0294 e. The average Bonchev–Trinajstić information content (AvgIpc) is 2.05. The highest BCUT2D eigenvalue weighted by molar-refractivity contribution is 4.98. The zero-order valence-electron chi connectivity index (χ0n) is 8.44. The van der Waals surface area contributed by atoms with E-state index in [1.807, 2.05) is 0 Å². The van der Waals surface area contributed by atoms with E-state index in [1.54, 1.807) is 0 Å². The first-order chi connectivity index (χ1) is 5.83. The molecule has 0 N–H and O–H groups in total. The Morgan fingerprint density at radius 2 is 2.25 bits per heavy atom. The molecule has 0 aromatic carbocycles. The van der Waals surface area contributed by atoms with Crippen LogP contribution in [0.2, 0.25) is 0 Å². The fourth-order valence-corrected chi connectivity index (χ4v) is 2.18. The van der Waals surface area contributed by atoms with E-state index >= 15 is 0 Å². The molecule has 0 bridgehead atoms. The van der Waals surface area contributed by atoms with E-state index in [-0.39, 0.29) is 0 Å². The van der Waals surface area contributed by atoms with Gasteiger partial charge in [-0.25, -0.2) is 0 Å². The van der Waals surface area contributed by atoms with Crippen molar-refractivity contribution in [2.24, 2.45) is 5.92 Å². The van der Waals surface area contributed by atoms with Gasteiger partial charge in [0.2, 0.25) is 0 Å². The summed E-state index contributed by atoms with van der Waals surface area (Å²) in [6.07, 6.45) is 11.1. The Kier molecular flexibility index (Phi) is 4.42. The minimum atomic E-state index is 0.984. The highest BCUT2D eigenvalue weighted by Crippen LogP contribution is 2.30. The van der Waals surface area contributed by atoms with Crippen LogP contribution in [0.3, 0.4) is 0 Å². The van der Waals surface area contributed by atoms with Crippen LogP contribution in [0.1, 0.15) is 58.3 Å². The van der Waals surface area contributed by atoms with Gasteiger partial charge in [-0.15, -0.1) is 0 Å². The van der Waals surface area contributed by atoms with Crippen LogP contribution in [0, 0.1) is 5.92 Å². The molecule has 0 heteroatoms. The molecule has 0 amide bonds. The predicted molar refractivity (Wildman–Crippen MR) is 55.2 cm³/mol. The first-order valence-electron chi connectivity index (χ1n) is 5.49. The van der Waals surface area contributed by atoms with E-state index in [9.17, 15) is 0 Å². The molecule has 1 saturated carbocycles. The number of rotatable bonds is 4. The number of hydrogen-bond acceptors (Lipinski definition) is 0. The molecule has 1 aliphatic carbocycles. The van der Waals surface area contributed by atoms with Crippen LogP contribution in [-0.2, 0) is 0 Å². The van der Waals surface area contributed by atoms with Gasteiger partial charge in [-0.1, -0.05) is 44.8 Å². The van der Waals surface area contributed by atoms with Gasteiger partial charge in [0.1, 0.15) is 0 Å². The van der Waals surface area contributed by atoms with Gasteiger partial charge in [-0.2, -0.15) is 0 Å². The molecule has 0 nitrogen and oxygen atoms in total. The molecule has 0 saturated heterocycles. The van der Waals surface area contributed by atoms with Crippen LogP contribution in [0.25, 0.3) is 0 Å². The molecule has 1 atom stereocenters. The molecular formula is C12H22. The minimum absolute atomic E-state index is 0.984. The van der Waals surface area contributed by atoms with Crippen molar-refractivity contribution in [2.75, 3.05) is 0 Å². The summed E-state index contributed by atoms with van der Waals surface area (Å²) in [4.78, 5) is 0. The van der Waals surface area contributed by atoms with Crippen molar-refractivity contribution in [3.8, 4) is 0 Å². The van der Waals surface area contributed by atoms with Crippen LogP contribution in [0.15, 0.2) is 12.2 Å². The Labute approximate surface area is 77.1 Å². The molecule has 0 unspecified atom stereocenters. The van der Waals surface area contributed by atoms with Crippen molar-refractivity contribution in [1.82, 2.24) is 0 Å². The second-order valence-electron chi connectivity index (χ2n) is 4.21. The third-order valence-electron chi connectivity index (χ3n) is 2.94. The summed E-state index contributed by atoms with van der Waals surface area (Å²) >= 11 is 0. The normalized spacial score (nSPS) is 24.4. The molecule has 1 fully saturated rings. The first kappa shape index (κ1) is 9.83. The lowest BCUT2D eigenvalue weighted by Crippen LogP contribution is -2.07. The fourth-order valence-electron chi connectivity index (χ4n) is 2.18. The van der Waals surface area contributed by atoms with Crippen LogP contribution in [-0.4, -0.2) is 0 Å². The Balaban J connectivity index is 2.10. The van der Waals surface area contributed by atoms with Gasteiger partial charge in [-0.05, 0) is 31.6 Å². The van der Waals surface area contributed by atoms with Gasteiger partial charge in [0.25, 0.3) is 0 Å². The van der Waals surface area contributed by atoms with Gasteiger partial charge < -0.3 is 0 Å². The summed E-state index contributed by atoms with van der Waals surface area (Å²) in [6.45, 7) is 6.37. The van der Waals surface area contributed by atoms with E-state index in [4.69, 9.17) is 0 Å². The molecule has 1 rings (SSSR count). The van der Waals surface area contributed by atoms with Crippen molar-refractivity contribution < 1.29 is 0 Å².